The lowest BCUT2D eigenvalue weighted by Crippen LogP contribution is -2.01. The van der Waals surface area contributed by atoms with Gasteiger partial charge in [-0.3, -0.25) is 0 Å². The highest BCUT2D eigenvalue weighted by molar-refractivity contribution is 6.17. The summed E-state index contributed by atoms with van der Waals surface area (Å²) in [4.78, 5) is 0. The molecule has 0 aromatic heterocycles. The predicted octanol–water partition coefficient (Wildman–Crippen LogP) is 6.07. The molecule has 4 aromatic rings. The smallest absolute Gasteiger partial charge is 0.00208 e. The topological polar surface area (TPSA) is 0 Å². The summed E-state index contributed by atoms with van der Waals surface area (Å²) in [6, 6.07) is 23.5. The summed E-state index contributed by atoms with van der Waals surface area (Å²) < 4.78 is 0. The largest absolute Gasteiger partial charge is 0.0984 e. The minimum absolute atomic E-state index is 0. The zero-order valence-corrected chi connectivity index (χ0v) is 12.3. The molecule has 0 atom stereocenters. The van der Waals surface area contributed by atoms with Crippen molar-refractivity contribution < 1.29 is 0 Å². The molecule has 0 saturated carbocycles. The van der Waals surface area contributed by atoms with Gasteiger partial charge in [0.05, 0.1) is 0 Å². The van der Waals surface area contributed by atoms with E-state index in [0.29, 0.717) is 0 Å². The fourth-order valence-corrected chi connectivity index (χ4v) is 3.29. The number of hydrogen-bond donors (Lipinski definition) is 0. The van der Waals surface area contributed by atoms with Gasteiger partial charge in [-0.05, 0) is 43.5 Å². The van der Waals surface area contributed by atoms with E-state index >= 15 is 0 Å². The highest BCUT2D eigenvalue weighted by Crippen LogP contribution is 2.35. The molecule has 0 aliphatic rings. The lowest BCUT2D eigenvalue weighted by Gasteiger charge is -2.13. The number of hydrogen-bond acceptors (Lipinski definition) is 0. The van der Waals surface area contributed by atoms with Gasteiger partial charge in [0.25, 0.3) is 0 Å². The third-order valence-electron chi connectivity index (χ3n) is 4.34. The van der Waals surface area contributed by atoms with Crippen LogP contribution in [0.25, 0.3) is 45.3 Å². The molecule has 0 amide bonds. The molecule has 0 spiro atoms. The molecule has 0 heterocycles. The van der Waals surface area contributed by atoms with Crippen molar-refractivity contribution >= 4 is 34.2 Å². The third-order valence-corrected chi connectivity index (χ3v) is 4.34. The Balaban J connectivity index is 0.00000156. The lowest BCUT2D eigenvalue weighted by atomic mass is 9.90. The normalized spacial score (nSPS) is 10.6. The Morgan fingerprint density at radius 3 is 2.22 bits per heavy atom. The summed E-state index contributed by atoms with van der Waals surface area (Å²) in [6.45, 7) is 8.16. The molecule has 0 saturated heterocycles. The van der Waals surface area contributed by atoms with Crippen LogP contribution in [-0.4, -0.2) is 0 Å². The average Bonchev–Trinajstić information content (AvgIpc) is 2.58. The van der Waals surface area contributed by atoms with Gasteiger partial charge < -0.3 is 0 Å². The van der Waals surface area contributed by atoms with E-state index in [2.05, 4.69) is 79.9 Å². The molecule has 0 bridgehead atoms. The van der Waals surface area contributed by atoms with Gasteiger partial charge in [0.1, 0.15) is 0 Å². The zero-order chi connectivity index (χ0) is 15.1. The van der Waals surface area contributed by atoms with Crippen LogP contribution in [-0.2, 0) is 0 Å². The summed E-state index contributed by atoms with van der Waals surface area (Å²) in [7, 11) is 0. The number of benzene rings is 4. The van der Waals surface area contributed by atoms with Crippen molar-refractivity contribution in [1.82, 2.24) is 0 Å². The number of rotatable bonds is 2. The Kier molecular flexibility index (Phi) is 3.75. The lowest BCUT2D eigenvalue weighted by molar-refractivity contribution is 1.65. The third kappa shape index (κ3) is 2.24. The van der Waals surface area contributed by atoms with Crippen LogP contribution >= 0.6 is 0 Å². The highest BCUT2D eigenvalue weighted by atomic mass is 14.1. The van der Waals surface area contributed by atoms with E-state index in [-0.39, 0.29) is 7.43 Å². The molecule has 0 heteroatoms. The first-order valence-corrected chi connectivity index (χ1v) is 7.44. The molecule has 4 rings (SSSR count). The van der Waals surface area contributed by atoms with E-state index in [1.807, 2.05) is 6.08 Å². The van der Waals surface area contributed by atoms with E-state index in [0.717, 1.165) is 10.8 Å². The van der Waals surface area contributed by atoms with E-state index in [4.69, 9.17) is 0 Å². The Bertz CT molecular complexity index is 1040. The van der Waals surface area contributed by atoms with Crippen LogP contribution < -0.4 is 5.22 Å². The Hall–Kier alpha value is -2.86. The first-order chi connectivity index (χ1) is 10.8. The molecular formula is C23H20. The maximum atomic E-state index is 4.21. The minimum atomic E-state index is 0. The van der Waals surface area contributed by atoms with Crippen LogP contribution in [0.15, 0.2) is 73.3 Å². The fraction of sp³-hybridized carbons (Fsp3) is 0.0435. The first-order valence-electron chi connectivity index (χ1n) is 7.44. The molecule has 0 aliphatic heterocycles. The van der Waals surface area contributed by atoms with Crippen LogP contribution in [0.4, 0.5) is 0 Å². The summed E-state index contributed by atoms with van der Waals surface area (Å²) in [5, 5.41) is 6.07. The van der Waals surface area contributed by atoms with E-state index in [1.54, 1.807) is 0 Å². The average molecular weight is 296 g/mol. The van der Waals surface area contributed by atoms with E-state index < -0.39 is 0 Å². The van der Waals surface area contributed by atoms with Gasteiger partial charge in [0.15, 0.2) is 0 Å². The zero-order valence-electron chi connectivity index (χ0n) is 12.3. The molecule has 0 aliphatic carbocycles. The van der Waals surface area contributed by atoms with Gasteiger partial charge in [-0.15, -0.1) is 0 Å². The van der Waals surface area contributed by atoms with Gasteiger partial charge in [0.2, 0.25) is 0 Å². The molecule has 23 heavy (non-hydrogen) atoms. The molecule has 0 fully saturated rings. The molecular weight excluding hydrogens is 276 g/mol. The van der Waals surface area contributed by atoms with Gasteiger partial charge in [0, 0.05) is 0 Å². The van der Waals surface area contributed by atoms with Crippen molar-refractivity contribution in [3.05, 3.63) is 84.1 Å². The van der Waals surface area contributed by atoms with Crippen LogP contribution in [0.2, 0.25) is 0 Å². The molecule has 0 N–H and O–H groups in total. The second-order valence-corrected chi connectivity index (χ2v) is 5.58. The highest BCUT2D eigenvalue weighted by Gasteiger charge is 2.10. The van der Waals surface area contributed by atoms with Crippen LogP contribution in [0, 0.1) is 0 Å². The summed E-state index contributed by atoms with van der Waals surface area (Å²) in [5.74, 6) is 0. The Labute approximate surface area is 137 Å². The van der Waals surface area contributed by atoms with Gasteiger partial charge in [-0.1, -0.05) is 93.4 Å². The summed E-state index contributed by atoms with van der Waals surface area (Å²) in [6.07, 6.45) is 1.91. The predicted molar refractivity (Wildman–Crippen MR) is 104 cm³/mol. The monoisotopic (exact) mass is 296 g/mol. The molecule has 0 unspecified atom stereocenters. The van der Waals surface area contributed by atoms with Crippen LogP contribution in [0.3, 0.4) is 0 Å². The second kappa shape index (κ2) is 5.73. The van der Waals surface area contributed by atoms with Gasteiger partial charge in [-0.2, -0.15) is 0 Å². The SMILES string of the molecule is C.C=Cc1ccc2c(-c3ccccc3)ccc3ccc(=C)c1c32. The van der Waals surface area contributed by atoms with Crippen molar-refractivity contribution in [3.8, 4) is 11.1 Å². The standard InChI is InChI=1S/C22H16.CH4/c1-3-16-11-14-20-19(17-7-5-4-6-8-17)13-12-18-10-9-15(2)21(16)22(18)20;/h3-14H,1-2H2;1H4. The molecule has 0 radical (unpaired) electrons. The van der Waals surface area contributed by atoms with Crippen molar-refractivity contribution in [3.63, 3.8) is 0 Å². The Morgan fingerprint density at radius 2 is 1.48 bits per heavy atom. The van der Waals surface area contributed by atoms with Crippen molar-refractivity contribution in [1.29, 1.82) is 0 Å². The Morgan fingerprint density at radius 1 is 0.739 bits per heavy atom. The first kappa shape index (κ1) is 15.1. The van der Waals surface area contributed by atoms with Crippen molar-refractivity contribution in [2.24, 2.45) is 0 Å². The van der Waals surface area contributed by atoms with E-state index in [9.17, 15) is 0 Å². The second-order valence-electron chi connectivity index (χ2n) is 5.58. The van der Waals surface area contributed by atoms with Crippen molar-refractivity contribution in [2.75, 3.05) is 0 Å². The summed E-state index contributed by atoms with van der Waals surface area (Å²) in [5.41, 5.74) is 3.65. The van der Waals surface area contributed by atoms with Crippen LogP contribution in [0.1, 0.15) is 13.0 Å². The van der Waals surface area contributed by atoms with Gasteiger partial charge >= 0.3 is 0 Å². The van der Waals surface area contributed by atoms with Crippen LogP contribution in [0.5, 0.6) is 0 Å². The fourth-order valence-electron chi connectivity index (χ4n) is 3.29. The van der Waals surface area contributed by atoms with Crippen molar-refractivity contribution in [2.45, 2.75) is 7.43 Å². The minimum Gasteiger partial charge on any atom is -0.0984 e. The maximum Gasteiger partial charge on any atom is -0.00208 e. The van der Waals surface area contributed by atoms with E-state index in [1.165, 1.54) is 32.7 Å². The maximum absolute atomic E-state index is 4.21. The summed E-state index contributed by atoms with van der Waals surface area (Å²) >= 11 is 0. The molecule has 4 aromatic carbocycles. The molecule has 0 nitrogen and oxygen atoms in total. The molecule has 112 valence electrons. The van der Waals surface area contributed by atoms with Gasteiger partial charge in [-0.25, -0.2) is 0 Å². The quantitative estimate of drug-likeness (QED) is 0.421.